The van der Waals surface area contributed by atoms with E-state index >= 15 is 0 Å². The molecule has 0 radical (unpaired) electrons. The Morgan fingerprint density at radius 1 is 1.16 bits per heavy atom. The fraction of sp³-hybridized carbons (Fsp3) is 0.500. The first-order valence-corrected chi connectivity index (χ1v) is 7.79. The molecule has 0 saturated carbocycles. The largest absolute Gasteiger partial charge is 0.465 e. The highest BCUT2D eigenvalue weighted by Gasteiger charge is 2.43. The van der Waals surface area contributed by atoms with Crippen LogP contribution in [0.1, 0.15) is 39.2 Å². The molecule has 0 aromatic heterocycles. The van der Waals surface area contributed by atoms with E-state index < -0.39 is 32.6 Å². The first-order valence-electron chi connectivity index (χ1n) is 7.79. The number of rotatable bonds is 9. The van der Waals surface area contributed by atoms with Gasteiger partial charge in [0.25, 0.3) is 11.4 Å². The quantitative estimate of drug-likeness (QED) is 0.289. The van der Waals surface area contributed by atoms with Crippen molar-refractivity contribution < 1.29 is 24.2 Å². The number of aryl methyl sites for hydroxylation is 1. The summed E-state index contributed by atoms with van der Waals surface area (Å²) in [6.45, 7) is 4.69. The first kappa shape index (κ1) is 20.2. The summed E-state index contributed by atoms with van der Waals surface area (Å²) < 4.78 is 4.99. The second-order valence-electron chi connectivity index (χ2n) is 5.54. The van der Waals surface area contributed by atoms with Crippen LogP contribution in [-0.2, 0) is 20.7 Å². The van der Waals surface area contributed by atoms with Gasteiger partial charge in [0.1, 0.15) is 11.2 Å². The molecule has 0 spiro atoms. The van der Waals surface area contributed by atoms with Crippen molar-refractivity contribution >= 4 is 23.1 Å². The maximum atomic E-state index is 12.3. The highest BCUT2D eigenvalue weighted by atomic mass is 16.6. The van der Waals surface area contributed by atoms with Crippen LogP contribution >= 0.6 is 0 Å². The number of ketones is 1. The Kier molecular flexibility index (Phi) is 6.72. The molecule has 0 aliphatic heterocycles. The molecule has 1 atom stereocenters. The van der Waals surface area contributed by atoms with E-state index in [0.29, 0.717) is 0 Å². The molecule has 0 aliphatic rings. The molecule has 9 heteroatoms. The van der Waals surface area contributed by atoms with Crippen molar-refractivity contribution in [2.24, 2.45) is 5.41 Å². The molecular weight excluding hydrogens is 332 g/mol. The SMILES string of the molecule is CCOC(=O)[C@](CC)(CCc1ccc([N+](=O)[O-])cc1[N+](=O)[O-])C(C)=O. The van der Waals surface area contributed by atoms with Gasteiger partial charge in [-0.15, -0.1) is 0 Å². The minimum absolute atomic E-state index is 0.0241. The fourth-order valence-electron chi connectivity index (χ4n) is 2.66. The minimum atomic E-state index is -1.38. The lowest BCUT2D eigenvalue weighted by atomic mass is 9.76. The maximum Gasteiger partial charge on any atom is 0.319 e. The highest BCUT2D eigenvalue weighted by Crippen LogP contribution is 2.34. The van der Waals surface area contributed by atoms with E-state index in [1.54, 1.807) is 13.8 Å². The summed E-state index contributed by atoms with van der Waals surface area (Å²) in [7, 11) is 0. The number of non-ortho nitro benzene ring substituents is 1. The van der Waals surface area contributed by atoms with Crippen LogP contribution in [0.2, 0.25) is 0 Å². The van der Waals surface area contributed by atoms with Gasteiger partial charge in [-0.1, -0.05) is 6.92 Å². The maximum absolute atomic E-state index is 12.3. The third-order valence-corrected chi connectivity index (χ3v) is 4.24. The Labute approximate surface area is 144 Å². The predicted octanol–water partition coefficient (Wildman–Crippen LogP) is 2.98. The summed E-state index contributed by atoms with van der Waals surface area (Å²) in [5.41, 5.74) is -1.97. The Morgan fingerprint density at radius 2 is 1.80 bits per heavy atom. The number of benzene rings is 1. The molecule has 0 fully saturated rings. The van der Waals surface area contributed by atoms with Crippen molar-refractivity contribution in [3.8, 4) is 0 Å². The van der Waals surface area contributed by atoms with Crippen molar-refractivity contribution in [3.63, 3.8) is 0 Å². The highest BCUT2D eigenvalue weighted by molar-refractivity contribution is 6.02. The zero-order chi connectivity index (χ0) is 19.2. The van der Waals surface area contributed by atoms with Crippen molar-refractivity contribution in [1.82, 2.24) is 0 Å². The van der Waals surface area contributed by atoms with E-state index in [9.17, 15) is 29.8 Å². The molecule has 136 valence electrons. The Morgan fingerprint density at radius 3 is 2.24 bits per heavy atom. The van der Waals surface area contributed by atoms with Crippen LogP contribution in [0.4, 0.5) is 11.4 Å². The minimum Gasteiger partial charge on any atom is -0.465 e. The average Bonchev–Trinajstić information content (AvgIpc) is 2.55. The van der Waals surface area contributed by atoms with Crippen molar-refractivity contribution in [2.75, 3.05) is 6.61 Å². The van der Waals surface area contributed by atoms with Crippen LogP contribution in [0.3, 0.4) is 0 Å². The van der Waals surface area contributed by atoms with Gasteiger partial charge in [0.15, 0.2) is 0 Å². The lowest BCUT2D eigenvalue weighted by Gasteiger charge is -2.27. The Balaban J connectivity index is 3.19. The second-order valence-corrected chi connectivity index (χ2v) is 5.54. The lowest BCUT2D eigenvalue weighted by Crippen LogP contribution is -2.39. The molecule has 9 nitrogen and oxygen atoms in total. The van der Waals surface area contributed by atoms with Gasteiger partial charge in [-0.3, -0.25) is 29.8 Å². The second kappa shape index (κ2) is 8.32. The lowest BCUT2D eigenvalue weighted by molar-refractivity contribution is -0.394. The molecule has 0 saturated heterocycles. The molecule has 25 heavy (non-hydrogen) atoms. The van der Waals surface area contributed by atoms with E-state index in [2.05, 4.69) is 0 Å². The zero-order valence-electron chi connectivity index (χ0n) is 14.3. The monoisotopic (exact) mass is 352 g/mol. The molecule has 1 aromatic carbocycles. The number of Topliss-reactive ketones (excluding diaryl/α,β-unsaturated/α-hetero) is 1. The molecule has 0 bridgehead atoms. The number of esters is 1. The number of nitrogens with zero attached hydrogens (tertiary/aromatic N) is 2. The van der Waals surface area contributed by atoms with Gasteiger partial charge in [-0.25, -0.2) is 0 Å². The van der Waals surface area contributed by atoms with Crippen LogP contribution in [0.5, 0.6) is 0 Å². The Bertz CT molecular complexity index is 702. The van der Waals surface area contributed by atoms with Gasteiger partial charge in [0, 0.05) is 11.6 Å². The predicted molar refractivity (Wildman–Crippen MR) is 88.1 cm³/mol. The molecule has 0 aliphatic carbocycles. The summed E-state index contributed by atoms with van der Waals surface area (Å²) in [5, 5.41) is 22.0. The normalized spacial score (nSPS) is 12.9. The smallest absolute Gasteiger partial charge is 0.319 e. The summed E-state index contributed by atoms with van der Waals surface area (Å²) >= 11 is 0. The van der Waals surface area contributed by atoms with Crippen molar-refractivity contribution in [1.29, 1.82) is 0 Å². The van der Waals surface area contributed by atoms with Crippen LogP contribution in [0.15, 0.2) is 18.2 Å². The molecule has 0 heterocycles. The van der Waals surface area contributed by atoms with Gasteiger partial charge in [0.2, 0.25) is 0 Å². The van der Waals surface area contributed by atoms with Crippen molar-refractivity contribution in [2.45, 2.75) is 40.0 Å². The number of carbonyl (C=O) groups is 2. The van der Waals surface area contributed by atoms with E-state index in [-0.39, 0.29) is 37.2 Å². The molecule has 0 unspecified atom stereocenters. The van der Waals surface area contributed by atoms with Gasteiger partial charge in [0.05, 0.1) is 22.5 Å². The number of hydrogen-bond acceptors (Lipinski definition) is 7. The number of ether oxygens (including phenoxy) is 1. The molecule has 1 aromatic rings. The van der Waals surface area contributed by atoms with E-state index in [1.807, 2.05) is 0 Å². The van der Waals surface area contributed by atoms with Gasteiger partial charge >= 0.3 is 5.97 Å². The van der Waals surface area contributed by atoms with Gasteiger partial charge < -0.3 is 4.74 Å². The van der Waals surface area contributed by atoms with Gasteiger partial charge in [-0.05, 0) is 39.2 Å². The molecular formula is C16H20N2O7. The first-order chi connectivity index (χ1) is 11.7. The van der Waals surface area contributed by atoms with Crippen LogP contribution in [0, 0.1) is 25.6 Å². The van der Waals surface area contributed by atoms with Crippen LogP contribution in [-0.4, -0.2) is 28.2 Å². The fourth-order valence-corrected chi connectivity index (χ4v) is 2.66. The number of carbonyl (C=O) groups excluding carboxylic acids is 2. The van der Waals surface area contributed by atoms with Crippen molar-refractivity contribution in [3.05, 3.63) is 44.0 Å². The van der Waals surface area contributed by atoms with Crippen LogP contribution < -0.4 is 0 Å². The summed E-state index contributed by atoms with van der Waals surface area (Å²) in [6.07, 6.45) is 0.263. The van der Waals surface area contributed by atoms with Gasteiger partial charge in [-0.2, -0.15) is 0 Å². The summed E-state index contributed by atoms with van der Waals surface area (Å²) in [5.74, 6) is -1.03. The standard InChI is InChI=1S/C16H20N2O7/c1-4-16(11(3)19,15(20)25-5-2)9-8-12-6-7-13(17(21)22)10-14(12)18(23)24/h6-7,10H,4-5,8-9H2,1-3H3/t16-/m1/s1. The average molecular weight is 352 g/mol. The topological polar surface area (TPSA) is 130 Å². The molecule has 1 rings (SSSR count). The molecule has 0 amide bonds. The third-order valence-electron chi connectivity index (χ3n) is 4.24. The zero-order valence-corrected chi connectivity index (χ0v) is 14.3. The number of hydrogen-bond donors (Lipinski definition) is 0. The summed E-state index contributed by atoms with van der Waals surface area (Å²) in [6, 6.07) is 3.32. The van der Waals surface area contributed by atoms with E-state index in [1.165, 1.54) is 13.0 Å². The van der Waals surface area contributed by atoms with Crippen LogP contribution in [0.25, 0.3) is 0 Å². The number of nitro benzene ring substituents is 2. The van der Waals surface area contributed by atoms with E-state index in [4.69, 9.17) is 4.74 Å². The molecule has 0 N–H and O–H groups in total. The third kappa shape index (κ3) is 4.37. The van der Waals surface area contributed by atoms with E-state index in [0.717, 1.165) is 12.1 Å². The number of nitro groups is 2. The Hall–Kier alpha value is -2.84. The summed E-state index contributed by atoms with van der Waals surface area (Å²) in [4.78, 5) is 44.9.